The zero-order valence-corrected chi connectivity index (χ0v) is 10.4. The number of hydrogen-bond acceptors (Lipinski definition) is 5. The van der Waals surface area contributed by atoms with Crippen LogP contribution in [0.2, 0.25) is 0 Å². The molecule has 0 spiro atoms. The highest BCUT2D eigenvalue weighted by Crippen LogP contribution is 2.04. The minimum Gasteiger partial charge on any atom is -0.469 e. The standard InChI is InChI=1S/C12H18O5/c1-4-10(9-12(14)16-6-3)17-8-7-11(13)15-5-2/h7-9H,4-6H2,1-3H3/b8-7+,10-9-. The summed E-state index contributed by atoms with van der Waals surface area (Å²) in [6.07, 6.45) is 4.11. The number of carbonyl (C=O) groups is 2. The number of ether oxygens (including phenoxy) is 3. The second kappa shape index (κ2) is 9.45. The molecule has 0 unspecified atom stereocenters. The average molecular weight is 242 g/mol. The van der Waals surface area contributed by atoms with E-state index < -0.39 is 11.9 Å². The summed E-state index contributed by atoms with van der Waals surface area (Å²) >= 11 is 0. The molecule has 0 saturated heterocycles. The Morgan fingerprint density at radius 1 is 1.00 bits per heavy atom. The van der Waals surface area contributed by atoms with Crippen LogP contribution in [0.5, 0.6) is 0 Å². The Morgan fingerprint density at radius 3 is 2.12 bits per heavy atom. The highest BCUT2D eigenvalue weighted by molar-refractivity contribution is 5.82. The largest absolute Gasteiger partial charge is 0.469 e. The molecule has 0 aromatic carbocycles. The third-order valence-corrected chi connectivity index (χ3v) is 1.62. The maximum atomic E-state index is 11.1. The molecule has 0 rings (SSSR count). The van der Waals surface area contributed by atoms with E-state index in [1.165, 1.54) is 12.3 Å². The highest BCUT2D eigenvalue weighted by atomic mass is 16.5. The number of rotatable bonds is 7. The molecule has 0 aliphatic heterocycles. The first-order chi connectivity index (χ1) is 8.13. The predicted molar refractivity (Wildman–Crippen MR) is 61.9 cm³/mol. The fraction of sp³-hybridized carbons (Fsp3) is 0.500. The van der Waals surface area contributed by atoms with Crippen LogP contribution in [-0.4, -0.2) is 25.2 Å². The van der Waals surface area contributed by atoms with Gasteiger partial charge in [0, 0.05) is 6.42 Å². The van der Waals surface area contributed by atoms with Crippen molar-refractivity contribution in [2.24, 2.45) is 0 Å². The lowest BCUT2D eigenvalue weighted by atomic mass is 10.3. The topological polar surface area (TPSA) is 61.8 Å². The molecule has 0 aromatic rings. The molecule has 0 saturated carbocycles. The Labute approximate surface area is 101 Å². The van der Waals surface area contributed by atoms with Gasteiger partial charge in [0.15, 0.2) is 0 Å². The van der Waals surface area contributed by atoms with E-state index in [1.807, 2.05) is 6.92 Å². The van der Waals surface area contributed by atoms with E-state index in [0.29, 0.717) is 25.4 Å². The van der Waals surface area contributed by atoms with Gasteiger partial charge >= 0.3 is 11.9 Å². The lowest BCUT2D eigenvalue weighted by Gasteiger charge is -2.03. The summed E-state index contributed by atoms with van der Waals surface area (Å²) in [6.45, 7) is 5.88. The highest BCUT2D eigenvalue weighted by Gasteiger charge is 2.01. The summed E-state index contributed by atoms with van der Waals surface area (Å²) < 4.78 is 14.5. The van der Waals surface area contributed by atoms with Gasteiger partial charge in [-0.3, -0.25) is 0 Å². The van der Waals surface area contributed by atoms with Gasteiger partial charge in [0.05, 0.1) is 31.6 Å². The molecule has 96 valence electrons. The smallest absolute Gasteiger partial charge is 0.334 e. The van der Waals surface area contributed by atoms with Crippen molar-refractivity contribution in [3.05, 3.63) is 24.2 Å². The monoisotopic (exact) mass is 242 g/mol. The van der Waals surface area contributed by atoms with Crippen molar-refractivity contribution in [2.45, 2.75) is 27.2 Å². The van der Waals surface area contributed by atoms with E-state index in [4.69, 9.17) is 9.47 Å². The van der Waals surface area contributed by atoms with Crippen LogP contribution in [0, 0.1) is 0 Å². The SMILES string of the molecule is CCOC(=O)/C=C(/CC)O/C=C/C(=O)OCC. The molecule has 5 heteroatoms. The molecule has 5 nitrogen and oxygen atoms in total. The molecule has 0 N–H and O–H groups in total. The lowest BCUT2D eigenvalue weighted by molar-refractivity contribution is -0.138. The predicted octanol–water partition coefficient (Wildman–Crippen LogP) is 1.94. The molecule has 17 heavy (non-hydrogen) atoms. The van der Waals surface area contributed by atoms with E-state index in [2.05, 4.69) is 4.74 Å². The van der Waals surface area contributed by atoms with Crippen molar-refractivity contribution in [1.29, 1.82) is 0 Å². The minimum absolute atomic E-state index is 0.308. The maximum Gasteiger partial charge on any atom is 0.334 e. The van der Waals surface area contributed by atoms with Crippen molar-refractivity contribution in [3.63, 3.8) is 0 Å². The molecular weight excluding hydrogens is 224 g/mol. The zero-order chi connectivity index (χ0) is 13.1. The summed E-state index contributed by atoms with van der Waals surface area (Å²) in [4.78, 5) is 22.1. The van der Waals surface area contributed by atoms with E-state index in [0.717, 1.165) is 6.08 Å². The molecular formula is C12H18O5. The van der Waals surface area contributed by atoms with Crippen LogP contribution in [0.1, 0.15) is 27.2 Å². The van der Waals surface area contributed by atoms with Crippen LogP contribution < -0.4 is 0 Å². The van der Waals surface area contributed by atoms with Crippen LogP contribution >= 0.6 is 0 Å². The van der Waals surface area contributed by atoms with Crippen LogP contribution in [0.3, 0.4) is 0 Å². The molecule has 0 fully saturated rings. The third kappa shape index (κ3) is 8.07. The van der Waals surface area contributed by atoms with Crippen molar-refractivity contribution >= 4 is 11.9 Å². The van der Waals surface area contributed by atoms with Crippen molar-refractivity contribution in [2.75, 3.05) is 13.2 Å². The molecule has 0 heterocycles. The summed E-state index contributed by atoms with van der Waals surface area (Å²) in [6, 6.07) is 0. The third-order valence-electron chi connectivity index (χ3n) is 1.62. The maximum absolute atomic E-state index is 11.1. The summed E-state index contributed by atoms with van der Waals surface area (Å²) in [5.41, 5.74) is 0. The minimum atomic E-state index is -0.487. The normalized spacial score (nSPS) is 11.4. The van der Waals surface area contributed by atoms with Gasteiger partial charge in [0.2, 0.25) is 0 Å². The number of hydrogen-bond donors (Lipinski definition) is 0. The Morgan fingerprint density at radius 2 is 1.59 bits per heavy atom. The zero-order valence-electron chi connectivity index (χ0n) is 10.4. The molecule has 0 bridgehead atoms. The van der Waals surface area contributed by atoms with E-state index in [9.17, 15) is 9.59 Å². The summed E-state index contributed by atoms with van der Waals surface area (Å²) in [5, 5.41) is 0. The lowest BCUT2D eigenvalue weighted by Crippen LogP contribution is -2.02. The van der Waals surface area contributed by atoms with Gasteiger partial charge < -0.3 is 14.2 Å². The first kappa shape index (κ1) is 15.2. The van der Waals surface area contributed by atoms with Gasteiger partial charge in [0.1, 0.15) is 5.76 Å². The second-order valence-corrected chi connectivity index (χ2v) is 2.89. The quantitative estimate of drug-likeness (QED) is 0.388. The first-order valence-electron chi connectivity index (χ1n) is 5.51. The molecule has 0 aliphatic rings. The van der Waals surface area contributed by atoms with Gasteiger partial charge in [-0.2, -0.15) is 0 Å². The van der Waals surface area contributed by atoms with Crippen LogP contribution in [0.4, 0.5) is 0 Å². The van der Waals surface area contributed by atoms with Crippen molar-refractivity contribution in [1.82, 2.24) is 0 Å². The van der Waals surface area contributed by atoms with E-state index in [1.54, 1.807) is 13.8 Å². The fourth-order valence-electron chi connectivity index (χ4n) is 0.902. The second-order valence-electron chi connectivity index (χ2n) is 2.89. The molecule has 0 aromatic heterocycles. The van der Waals surface area contributed by atoms with Gasteiger partial charge in [-0.05, 0) is 13.8 Å². The Balaban J connectivity index is 4.22. The number of esters is 2. The van der Waals surface area contributed by atoms with Gasteiger partial charge in [-0.25, -0.2) is 9.59 Å². The Hall–Kier alpha value is -1.78. The van der Waals surface area contributed by atoms with Gasteiger partial charge in [-0.15, -0.1) is 0 Å². The van der Waals surface area contributed by atoms with E-state index in [-0.39, 0.29) is 0 Å². The summed E-state index contributed by atoms with van der Waals surface area (Å²) in [7, 11) is 0. The van der Waals surface area contributed by atoms with Crippen LogP contribution in [0.25, 0.3) is 0 Å². The van der Waals surface area contributed by atoms with E-state index >= 15 is 0 Å². The molecule has 0 aliphatic carbocycles. The molecule has 0 radical (unpaired) electrons. The van der Waals surface area contributed by atoms with Crippen molar-refractivity contribution in [3.8, 4) is 0 Å². The average Bonchev–Trinajstić information content (AvgIpc) is 2.28. The van der Waals surface area contributed by atoms with Gasteiger partial charge in [-0.1, -0.05) is 6.92 Å². The summed E-state index contributed by atoms with van der Waals surface area (Å²) in [5.74, 6) is -0.531. The van der Waals surface area contributed by atoms with Crippen LogP contribution in [-0.2, 0) is 23.8 Å². The Bertz CT molecular complexity index is 304. The first-order valence-corrected chi connectivity index (χ1v) is 5.51. The fourth-order valence-corrected chi connectivity index (χ4v) is 0.902. The molecule has 0 atom stereocenters. The number of carbonyl (C=O) groups excluding carboxylic acids is 2. The molecule has 0 amide bonds. The van der Waals surface area contributed by atoms with Gasteiger partial charge in [0.25, 0.3) is 0 Å². The number of allylic oxidation sites excluding steroid dienone is 1. The van der Waals surface area contributed by atoms with Crippen molar-refractivity contribution < 1.29 is 23.8 Å². The Kier molecular flexibility index (Phi) is 8.46. The van der Waals surface area contributed by atoms with Crippen LogP contribution in [0.15, 0.2) is 24.2 Å².